The van der Waals surface area contributed by atoms with Gasteiger partial charge in [0.2, 0.25) is 0 Å². The maximum absolute atomic E-state index is 6.07. The fourth-order valence-corrected chi connectivity index (χ4v) is 1.42. The van der Waals surface area contributed by atoms with E-state index >= 15 is 0 Å². The number of methoxy groups -OCH3 is 1. The first kappa shape index (κ1) is 12.0. The summed E-state index contributed by atoms with van der Waals surface area (Å²) >= 11 is 0. The van der Waals surface area contributed by atoms with Gasteiger partial charge >= 0.3 is 0 Å². The molecule has 0 spiro atoms. The summed E-state index contributed by atoms with van der Waals surface area (Å²) in [5, 5.41) is 0. The zero-order chi connectivity index (χ0) is 11.3. The Kier molecular flexibility index (Phi) is 4.59. The molecule has 3 nitrogen and oxygen atoms in total. The lowest BCUT2D eigenvalue weighted by Gasteiger charge is -2.15. The van der Waals surface area contributed by atoms with Gasteiger partial charge in [0.25, 0.3) is 0 Å². The molecule has 0 aliphatic heterocycles. The lowest BCUT2D eigenvalue weighted by Crippen LogP contribution is -2.20. The predicted molar refractivity (Wildman–Crippen MR) is 63.1 cm³/mol. The van der Waals surface area contributed by atoms with Crippen molar-refractivity contribution in [1.82, 2.24) is 4.90 Å². The van der Waals surface area contributed by atoms with Crippen LogP contribution >= 0.6 is 0 Å². The summed E-state index contributed by atoms with van der Waals surface area (Å²) in [6.45, 7) is 1.01. The van der Waals surface area contributed by atoms with E-state index in [1.165, 1.54) is 0 Å². The summed E-state index contributed by atoms with van der Waals surface area (Å²) in [6, 6.07) is 8.06. The molecular formula is C12H20N2O. The van der Waals surface area contributed by atoms with E-state index in [1.807, 2.05) is 24.3 Å². The van der Waals surface area contributed by atoms with Gasteiger partial charge in [-0.25, -0.2) is 0 Å². The highest BCUT2D eigenvalue weighted by Crippen LogP contribution is 2.18. The third-order valence-electron chi connectivity index (χ3n) is 2.43. The van der Waals surface area contributed by atoms with Gasteiger partial charge in [-0.2, -0.15) is 0 Å². The van der Waals surface area contributed by atoms with E-state index in [4.69, 9.17) is 10.5 Å². The Hall–Kier alpha value is -1.06. The minimum atomic E-state index is 0.110. The highest BCUT2D eigenvalue weighted by Gasteiger charge is 2.06. The number of nitrogens with two attached hydrogens (primary N) is 1. The second kappa shape index (κ2) is 5.73. The van der Waals surface area contributed by atoms with Crippen molar-refractivity contribution in [3.05, 3.63) is 29.8 Å². The van der Waals surface area contributed by atoms with Gasteiger partial charge in [-0.1, -0.05) is 12.1 Å². The normalized spacial score (nSPS) is 12.9. The van der Waals surface area contributed by atoms with E-state index in [2.05, 4.69) is 19.0 Å². The molecule has 0 aromatic heterocycles. The van der Waals surface area contributed by atoms with Gasteiger partial charge in [0.1, 0.15) is 5.75 Å². The lowest BCUT2D eigenvalue weighted by molar-refractivity contribution is 0.382. The standard InChI is InChI=1S/C12H20N2O/c1-14(2)9-8-12(13)10-4-6-11(15-3)7-5-10/h4-7,12H,8-9,13H2,1-3H3/t12-/m0/s1. The monoisotopic (exact) mass is 208 g/mol. The molecule has 0 amide bonds. The van der Waals surface area contributed by atoms with Crippen molar-refractivity contribution in [2.45, 2.75) is 12.5 Å². The van der Waals surface area contributed by atoms with Crippen LogP contribution in [0.2, 0.25) is 0 Å². The number of ether oxygens (including phenoxy) is 1. The van der Waals surface area contributed by atoms with Crippen LogP contribution in [0.25, 0.3) is 0 Å². The number of rotatable bonds is 5. The molecule has 84 valence electrons. The van der Waals surface area contributed by atoms with Crippen LogP contribution in [0, 0.1) is 0 Å². The molecule has 0 bridgehead atoms. The Labute approximate surface area is 91.8 Å². The van der Waals surface area contributed by atoms with Crippen molar-refractivity contribution >= 4 is 0 Å². The van der Waals surface area contributed by atoms with E-state index in [1.54, 1.807) is 7.11 Å². The van der Waals surface area contributed by atoms with Gasteiger partial charge in [-0.3, -0.25) is 0 Å². The second-order valence-electron chi connectivity index (χ2n) is 3.97. The Morgan fingerprint density at radius 2 is 1.87 bits per heavy atom. The van der Waals surface area contributed by atoms with E-state index in [0.717, 1.165) is 24.3 Å². The van der Waals surface area contributed by atoms with Crippen LogP contribution in [0.15, 0.2) is 24.3 Å². The molecule has 2 N–H and O–H groups in total. The highest BCUT2D eigenvalue weighted by molar-refractivity contribution is 5.28. The van der Waals surface area contributed by atoms with Gasteiger partial charge in [0.05, 0.1) is 7.11 Å². The molecule has 0 unspecified atom stereocenters. The van der Waals surface area contributed by atoms with Crippen molar-refractivity contribution in [3.8, 4) is 5.75 Å². The lowest BCUT2D eigenvalue weighted by atomic mass is 10.0. The van der Waals surface area contributed by atoms with Gasteiger partial charge in [0.15, 0.2) is 0 Å². The fourth-order valence-electron chi connectivity index (χ4n) is 1.42. The predicted octanol–water partition coefficient (Wildman–Crippen LogP) is 1.65. The van der Waals surface area contributed by atoms with Crippen LogP contribution in [0.1, 0.15) is 18.0 Å². The Balaban J connectivity index is 2.54. The van der Waals surface area contributed by atoms with Crippen LogP contribution in [0.5, 0.6) is 5.75 Å². The van der Waals surface area contributed by atoms with Crippen LogP contribution in [0.3, 0.4) is 0 Å². The first-order valence-corrected chi connectivity index (χ1v) is 5.17. The van der Waals surface area contributed by atoms with Gasteiger partial charge in [0, 0.05) is 6.04 Å². The SMILES string of the molecule is COc1ccc([C@@H](N)CCN(C)C)cc1. The summed E-state index contributed by atoms with van der Waals surface area (Å²) < 4.78 is 5.10. The number of benzene rings is 1. The average Bonchev–Trinajstić information content (AvgIpc) is 2.26. The summed E-state index contributed by atoms with van der Waals surface area (Å²) in [7, 11) is 5.78. The van der Waals surface area contributed by atoms with Gasteiger partial charge < -0.3 is 15.4 Å². The highest BCUT2D eigenvalue weighted by atomic mass is 16.5. The molecule has 0 saturated carbocycles. The summed E-state index contributed by atoms with van der Waals surface area (Å²) in [6.07, 6.45) is 0.972. The molecule has 0 fully saturated rings. The molecule has 0 saturated heterocycles. The first-order valence-electron chi connectivity index (χ1n) is 5.17. The minimum Gasteiger partial charge on any atom is -0.497 e. The molecule has 0 aliphatic rings. The average molecular weight is 208 g/mol. The van der Waals surface area contributed by atoms with Crippen molar-refractivity contribution in [3.63, 3.8) is 0 Å². The number of nitrogens with zero attached hydrogens (tertiary/aromatic N) is 1. The van der Waals surface area contributed by atoms with E-state index in [0.29, 0.717) is 0 Å². The van der Waals surface area contributed by atoms with Crippen molar-refractivity contribution in [2.75, 3.05) is 27.7 Å². The third kappa shape index (κ3) is 3.90. The zero-order valence-electron chi connectivity index (χ0n) is 9.73. The minimum absolute atomic E-state index is 0.110. The van der Waals surface area contributed by atoms with Crippen molar-refractivity contribution < 1.29 is 4.74 Å². The second-order valence-corrected chi connectivity index (χ2v) is 3.97. The maximum Gasteiger partial charge on any atom is 0.118 e. The molecule has 15 heavy (non-hydrogen) atoms. The molecule has 0 radical (unpaired) electrons. The summed E-state index contributed by atoms with van der Waals surface area (Å²) in [5.41, 5.74) is 7.23. The van der Waals surface area contributed by atoms with E-state index in [9.17, 15) is 0 Å². The van der Waals surface area contributed by atoms with Crippen molar-refractivity contribution in [1.29, 1.82) is 0 Å². The van der Waals surface area contributed by atoms with Crippen LogP contribution in [-0.2, 0) is 0 Å². The van der Waals surface area contributed by atoms with Crippen molar-refractivity contribution in [2.24, 2.45) is 5.73 Å². The molecule has 3 heteroatoms. The molecule has 0 aliphatic carbocycles. The maximum atomic E-state index is 6.07. The molecule has 1 aromatic rings. The summed E-state index contributed by atoms with van der Waals surface area (Å²) in [5.74, 6) is 0.874. The van der Waals surface area contributed by atoms with E-state index < -0.39 is 0 Å². The fraction of sp³-hybridized carbons (Fsp3) is 0.500. The quantitative estimate of drug-likeness (QED) is 0.799. The molecule has 1 atom stereocenters. The number of hydrogen-bond acceptors (Lipinski definition) is 3. The van der Waals surface area contributed by atoms with Crippen LogP contribution in [0.4, 0.5) is 0 Å². The third-order valence-corrected chi connectivity index (χ3v) is 2.43. The van der Waals surface area contributed by atoms with Gasteiger partial charge in [-0.05, 0) is 44.8 Å². The van der Waals surface area contributed by atoms with Crippen LogP contribution in [-0.4, -0.2) is 32.6 Å². The summed E-state index contributed by atoms with van der Waals surface area (Å²) in [4.78, 5) is 2.14. The molecular weight excluding hydrogens is 188 g/mol. The van der Waals surface area contributed by atoms with Crippen LogP contribution < -0.4 is 10.5 Å². The zero-order valence-corrected chi connectivity index (χ0v) is 9.73. The largest absolute Gasteiger partial charge is 0.497 e. The van der Waals surface area contributed by atoms with Gasteiger partial charge in [-0.15, -0.1) is 0 Å². The first-order chi connectivity index (χ1) is 7.13. The topological polar surface area (TPSA) is 38.5 Å². The Morgan fingerprint density at radius 3 is 2.33 bits per heavy atom. The molecule has 1 aromatic carbocycles. The molecule has 1 rings (SSSR count). The molecule has 0 heterocycles. The Bertz CT molecular complexity index is 282. The Morgan fingerprint density at radius 1 is 1.27 bits per heavy atom. The number of hydrogen-bond donors (Lipinski definition) is 1. The smallest absolute Gasteiger partial charge is 0.118 e. The van der Waals surface area contributed by atoms with E-state index in [-0.39, 0.29) is 6.04 Å².